The van der Waals surface area contributed by atoms with Crippen LogP contribution < -0.4 is 5.32 Å². The smallest absolute Gasteiger partial charge is 0.305 e. The molecule has 0 heterocycles. The van der Waals surface area contributed by atoms with Gasteiger partial charge in [0.2, 0.25) is 5.91 Å². The lowest BCUT2D eigenvalue weighted by atomic mass is 10.0. The zero-order valence-electron chi connectivity index (χ0n) is 53.2. The molecule has 0 aromatic rings. The van der Waals surface area contributed by atoms with Gasteiger partial charge in [0, 0.05) is 12.8 Å². The van der Waals surface area contributed by atoms with Crippen LogP contribution in [-0.2, 0) is 14.3 Å². The number of aliphatic hydroxyl groups excluding tert-OH is 2. The Hall–Kier alpha value is -1.40. The number of hydrogen-bond acceptors (Lipinski definition) is 5. The van der Waals surface area contributed by atoms with Crippen molar-refractivity contribution in [3.63, 3.8) is 0 Å². The van der Waals surface area contributed by atoms with E-state index in [1.165, 1.54) is 334 Å². The summed E-state index contributed by atoms with van der Waals surface area (Å²) >= 11 is 0. The molecular weight excluding hydrogens is 959 g/mol. The molecule has 3 N–H and O–H groups in total. The highest BCUT2D eigenvalue weighted by Gasteiger charge is 2.20. The molecule has 2 unspecified atom stereocenters. The van der Waals surface area contributed by atoms with Crippen LogP contribution in [-0.4, -0.2) is 47.4 Å². The van der Waals surface area contributed by atoms with E-state index < -0.39 is 12.1 Å². The van der Waals surface area contributed by atoms with E-state index in [1.54, 1.807) is 0 Å². The van der Waals surface area contributed by atoms with Crippen molar-refractivity contribution in [2.24, 2.45) is 0 Å². The number of allylic oxidation sites excluding steroid dienone is 2. The van der Waals surface area contributed by atoms with Crippen molar-refractivity contribution in [1.82, 2.24) is 5.32 Å². The van der Waals surface area contributed by atoms with E-state index in [2.05, 4.69) is 31.3 Å². The Balaban J connectivity index is 3.37. The number of amides is 1. The predicted molar refractivity (Wildman–Crippen MR) is 343 cm³/mol. The molecule has 0 saturated carbocycles. The fraction of sp³-hybridized carbons (Fsp3) is 0.944. The summed E-state index contributed by atoms with van der Waals surface area (Å²) in [6, 6.07) is -0.541. The number of esters is 1. The molecule has 0 rings (SSSR count). The highest BCUT2D eigenvalue weighted by Crippen LogP contribution is 2.19. The second-order valence-corrected chi connectivity index (χ2v) is 24.9. The van der Waals surface area contributed by atoms with Crippen LogP contribution in [0.2, 0.25) is 0 Å². The van der Waals surface area contributed by atoms with Gasteiger partial charge in [0.25, 0.3) is 0 Å². The first-order valence-corrected chi connectivity index (χ1v) is 35.9. The van der Waals surface area contributed by atoms with Crippen LogP contribution in [0.3, 0.4) is 0 Å². The second-order valence-electron chi connectivity index (χ2n) is 24.9. The van der Waals surface area contributed by atoms with Gasteiger partial charge in [-0.1, -0.05) is 360 Å². The second kappa shape index (κ2) is 68.1. The summed E-state index contributed by atoms with van der Waals surface area (Å²) in [5.41, 5.74) is 0. The van der Waals surface area contributed by atoms with Crippen LogP contribution in [0, 0.1) is 0 Å². The molecule has 0 spiro atoms. The summed E-state index contributed by atoms with van der Waals surface area (Å²) in [6.07, 6.45) is 84.0. The normalized spacial score (nSPS) is 12.5. The lowest BCUT2D eigenvalue weighted by Crippen LogP contribution is -2.45. The molecule has 1 amide bonds. The average Bonchev–Trinajstić information content (AvgIpc) is 3.44. The molecule has 0 aromatic heterocycles. The van der Waals surface area contributed by atoms with Gasteiger partial charge in [-0.05, 0) is 51.4 Å². The van der Waals surface area contributed by atoms with E-state index in [-0.39, 0.29) is 18.5 Å². The first kappa shape index (κ1) is 76.6. The van der Waals surface area contributed by atoms with Crippen molar-refractivity contribution in [3.05, 3.63) is 12.2 Å². The lowest BCUT2D eigenvalue weighted by molar-refractivity contribution is -0.143. The van der Waals surface area contributed by atoms with Crippen molar-refractivity contribution in [1.29, 1.82) is 0 Å². The lowest BCUT2D eigenvalue weighted by Gasteiger charge is -2.22. The van der Waals surface area contributed by atoms with Gasteiger partial charge in [-0.25, -0.2) is 0 Å². The minimum absolute atomic E-state index is 0.00740. The van der Waals surface area contributed by atoms with Gasteiger partial charge in [0.1, 0.15) is 0 Å². The van der Waals surface area contributed by atoms with Gasteiger partial charge in [0.15, 0.2) is 0 Å². The largest absolute Gasteiger partial charge is 0.466 e. The fourth-order valence-electron chi connectivity index (χ4n) is 11.6. The van der Waals surface area contributed by atoms with Crippen molar-refractivity contribution in [3.8, 4) is 0 Å². The van der Waals surface area contributed by atoms with E-state index >= 15 is 0 Å². The number of hydrogen-bond donors (Lipinski definition) is 3. The number of carbonyl (C=O) groups is 2. The zero-order valence-corrected chi connectivity index (χ0v) is 53.2. The van der Waals surface area contributed by atoms with E-state index in [1.807, 2.05) is 0 Å². The number of aliphatic hydroxyl groups is 2. The molecule has 0 aliphatic heterocycles. The van der Waals surface area contributed by atoms with Gasteiger partial charge in [-0.2, -0.15) is 0 Å². The Bertz CT molecular complexity index is 1180. The standard InChI is InChI=1S/C72H141NO5/c1-3-5-7-9-11-13-15-17-18-19-20-21-22-25-28-31-34-37-41-44-48-52-56-60-64-70(75)69(68-74)73-71(76)65-61-57-53-49-45-42-38-35-32-29-26-23-24-27-30-33-36-39-43-47-51-55-59-63-67-78-72(77)66-62-58-54-50-46-40-16-14-12-10-8-6-4-2/h14,16,69-70,74-75H,3-13,15,17-68H2,1-2H3,(H,73,76)/b16-14-. The number of rotatable bonds is 68. The first-order chi connectivity index (χ1) is 38.5. The van der Waals surface area contributed by atoms with E-state index in [0.29, 0.717) is 25.9 Å². The molecule has 464 valence electrons. The quantitative estimate of drug-likeness (QED) is 0.0320. The first-order valence-electron chi connectivity index (χ1n) is 35.9. The molecule has 0 saturated heterocycles. The molecule has 0 fully saturated rings. The third-order valence-corrected chi connectivity index (χ3v) is 17.1. The van der Waals surface area contributed by atoms with Crippen LogP contribution >= 0.6 is 0 Å². The van der Waals surface area contributed by atoms with E-state index in [4.69, 9.17) is 4.74 Å². The van der Waals surface area contributed by atoms with Crippen LogP contribution in [0.5, 0.6) is 0 Å². The van der Waals surface area contributed by atoms with Crippen molar-refractivity contribution >= 4 is 11.9 Å². The van der Waals surface area contributed by atoms with Gasteiger partial charge in [0.05, 0.1) is 25.4 Å². The third kappa shape index (κ3) is 63.8. The minimum atomic E-state index is -0.664. The molecule has 0 bridgehead atoms. The summed E-state index contributed by atoms with van der Waals surface area (Å²) in [7, 11) is 0. The van der Waals surface area contributed by atoms with Crippen molar-refractivity contribution in [2.45, 2.75) is 424 Å². The highest BCUT2D eigenvalue weighted by atomic mass is 16.5. The molecule has 0 aromatic carbocycles. The number of ether oxygens (including phenoxy) is 1. The highest BCUT2D eigenvalue weighted by molar-refractivity contribution is 5.76. The number of nitrogens with one attached hydrogen (secondary N) is 1. The molecular formula is C72H141NO5. The summed E-state index contributed by atoms with van der Waals surface area (Å²) < 4.78 is 5.48. The molecule has 0 aliphatic rings. The van der Waals surface area contributed by atoms with Crippen LogP contribution in [0.4, 0.5) is 0 Å². The molecule has 6 heteroatoms. The molecule has 0 aliphatic carbocycles. The Morgan fingerprint density at radius 2 is 0.603 bits per heavy atom. The molecule has 2 atom stereocenters. The zero-order chi connectivity index (χ0) is 56.4. The third-order valence-electron chi connectivity index (χ3n) is 17.1. The van der Waals surface area contributed by atoms with Crippen LogP contribution in [0.25, 0.3) is 0 Å². The predicted octanol–water partition coefficient (Wildman–Crippen LogP) is 23.1. The van der Waals surface area contributed by atoms with Gasteiger partial charge >= 0.3 is 5.97 Å². The Morgan fingerprint density at radius 3 is 0.923 bits per heavy atom. The topological polar surface area (TPSA) is 95.9 Å². The van der Waals surface area contributed by atoms with Gasteiger partial charge in [-0.3, -0.25) is 9.59 Å². The molecule has 0 radical (unpaired) electrons. The van der Waals surface area contributed by atoms with Crippen LogP contribution in [0.15, 0.2) is 12.2 Å². The van der Waals surface area contributed by atoms with Crippen molar-refractivity contribution in [2.75, 3.05) is 13.2 Å². The average molecular weight is 1100 g/mol. The van der Waals surface area contributed by atoms with Gasteiger partial charge in [-0.15, -0.1) is 0 Å². The summed E-state index contributed by atoms with van der Waals surface area (Å²) in [6.45, 7) is 4.98. The maximum Gasteiger partial charge on any atom is 0.305 e. The van der Waals surface area contributed by atoms with E-state index in [0.717, 1.165) is 44.9 Å². The number of unbranched alkanes of at least 4 members (excludes halogenated alkanes) is 55. The summed E-state index contributed by atoms with van der Waals surface area (Å²) in [4.78, 5) is 24.6. The minimum Gasteiger partial charge on any atom is -0.466 e. The van der Waals surface area contributed by atoms with Gasteiger partial charge < -0.3 is 20.3 Å². The van der Waals surface area contributed by atoms with Crippen LogP contribution in [0.1, 0.15) is 412 Å². The maximum absolute atomic E-state index is 12.6. The number of carbonyl (C=O) groups excluding carboxylic acids is 2. The Labute approximate surface area is 489 Å². The molecule has 6 nitrogen and oxygen atoms in total. The monoisotopic (exact) mass is 1100 g/mol. The fourth-order valence-corrected chi connectivity index (χ4v) is 11.6. The SMILES string of the molecule is CCCCCC/C=C\CCCCCCCC(=O)OCCCCCCCCCCCCCCCCCCCCCCCCCCC(=O)NC(CO)C(O)CCCCCCCCCCCCCCCCCCCCCCCCCC. The van der Waals surface area contributed by atoms with E-state index in [9.17, 15) is 19.8 Å². The van der Waals surface area contributed by atoms with Crippen molar-refractivity contribution < 1.29 is 24.5 Å². The molecule has 78 heavy (non-hydrogen) atoms. The summed E-state index contributed by atoms with van der Waals surface area (Å²) in [5.74, 6) is -0.0210. The summed E-state index contributed by atoms with van der Waals surface area (Å²) in [5, 5.41) is 23.5. The maximum atomic E-state index is 12.6. The Morgan fingerprint density at radius 1 is 0.346 bits per heavy atom. The Kier molecular flexibility index (Phi) is 66.9.